The minimum atomic E-state index is -4.77. The molecule has 0 amide bonds. The molecule has 0 aromatic rings. The Hall–Kier alpha value is -0.590. The summed E-state index contributed by atoms with van der Waals surface area (Å²) in [5, 5.41) is 0. The predicted octanol–water partition coefficient (Wildman–Crippen LogP) is 6.05. The monoisotopic (exact) mass is 618 g/mol. The van der Waals surface area contributed by atoms with Crippen LogP contribution in [0, 0.1) is 56.7 Å². The summed E-state index contributed by atoms with van der Waals surface area (Å²) in [6, 6.07) is 0. The summed E-state index contributed by atoms with van der Waals surface area (Å²) in [6.07, 6.45) is 8.65. The highest BCUT2D eigenvalue weighted by molar-refractivity contribution is 7.81. The van der Waals surface area contributed by atoms with Gasteiger partial charge in [0.1, 0.15) is 5.78 Å². The van der Waals surface area contributed by atoms with Gasteiger partial charge in [0.15, 0.2) is 0 Å². The molecule has 236 valence electrons. The number of ketones is 1. The summed E-state index contributed by atoms with van der Waals surface area (Å²) in [4.78, 5) is 12.8. The molecule has 5 aliphatic carbocycles. The lowest BCUT2D eigenvalue weighted by Gasteiger charge is -2.63. The zero-order valence-corrected chi connectivity index (χ0v) is 27.2. The summed E-state index contributed by atoms with van der Waals surface area (Å²) in [6.45, 7) is 12.8. The molecule has 41 heavy (non-hydrogen) atoms. The Morgan fingerprint density at radius 3 is 2.05 bits per heavy atom. The Bertz CT molecular complexity index is 1280. The van der Waals surface area contributed by atoms with Gasteiger partial charge in [-0.2, -0.15) is 16.8 Å². The second-order valence-corrected chi connectivity index (χ2v) is 17.9. The first-order valence-corrected chi connectivity index (χ1v) is 18.3. The Morgan fingerprint density at radius 2 is 1.44 bits per heavy atom. The maximum absolute atomic E-state index is 12.8. The molecule has 0 heterocycles. The van der Waals surface area contributed by atoms with E-state index in [-0.39, 0.29) is 27.6 Å². The van der Waals surface area contributed by atoms with Gasteiger partial charge in [0.05, 0.1) is 12.7 Å². The van der Waals surface area contributed by atoms with Gasteiger partial charge < -0.3 is 0 Å². The summed E-state index contributed by atoms with van der Waals surface area (Å²) < 4.78 is 75.7. The van der Waals surface area contributed by atoms with Crippen LogP contribution in [0.3, 0.4) is 0 Å². The zero-order chi connectivity index (χ0) is 30.4. The lowest BCUT2D eigenvalue weighted by atomic mass is 9.41. The molecule has 0 aliphatic heterocycles. The molecule has 5 fully saturated rings. The van der Waals surface area contributed by atoms with Crippen LogP contribution in [0.15, 0.2) is 0 Å². The van der Waals surface area contributed by atoms with Gasteiger partial charge in [-0.05, 0) is 109 Å². The summed E-state index contributed by atoms with van der Waals surface area (Å²) in [5.74, 6) is 2.03. The van der Waals surface area contributed by atoms with Crippen molar-refractivity contribution in [1.82, 2.24) is 0 Å². The molecule has 0 aromatic carbocycles. The fourth-order valence-corrected chi connectivity index (χ4v) is 12.9. The second-order valence-electron chi connectivity index (χ2n) is 15.7. The van der Waals surface area contributed by atoms with E-state index in [9.17, 15) is 30.7 Å². The van der Waals surface area contributed by atoms with Gasteiger partial charge in [-0.3, -0.25) is 13.9 Å². The van der Waals surface area contributed by atoms with E-state index >= 15 is 0 Å². The Kier molecular flexibility index (Phi) is 7.73. The molecule has 0 radical (unpaired) electrons. The number of hydrogen-bond acceptors (Lipinski definition) is 7. The number of Topliss-reactive ketones (excluding diaryl/α,β-unsaturated/α-hetero) is 1. The first-order valence-electron chi connectivity index (χ1n) is 15.5. The van der Waals surface area contributed by atoms with Crippen molar-refractivity contribution in [2.45, 2.75) is 118 Å². The van der Waals surface area contributed by atoms with Crippen LogP contribution in [0.2, 0.25) is 0 Å². The van der Waals surface area contributed by atoms with Crippen LogP contribution in [0.4, 0.5) is 0 Å². The number of rotatable bonds is 10. The molecule has 2 N–H and O–H groups in total. The van der Waals surface area contributed by atoms with Crippen LogP contribution < -0.4 is 0 Å². The van der Waals surface area contributed by atoms with Crippen molar-refractivity contribution in [3.63, 3.8) is 0 Å². The molecule has 2 spiro atoms. The molecular formula is C30H50O9S2. The van der Waals surface area contributed by atoms with Crippen LogP contribution in [-0.4, -0.2) is 44.4 Å². The third kappa shape index (κ3) is 4.96. The van der Waals surface area contributed by atoms with E-state index in [0.717, 1.165) is 51.4 Å². The average molecular weight is 619 g/mol. The van der Waals surface area contributed by atoms with Crippen LogP contribution >= 0.6 is 0 Å². The van der Waals surface area contributed by atoms with Gasteiger partial charge in [-0.1, -0.05) is 41.5 Å². The van der Waals surface area contributed by atoms with Crippen LogP contribution in [0.1, 0.15) is 112 Å². The minimum Gasteiger partial charge on any atom is -0.300 e. The van der Waals surface area contributed by atoms with Gasteiger partial charge in [-0.15, -0.1) is 0 Å². The van der Waals surface area contributed by atoms with E-state index in [1.54, 1.807) is 6.92 Å². The topological polar surface area (TPSA) is 144 Å². The minimum absolute atomic E-state index is 0.0637. The first-order chi connectivity index (χ1) is 18.7. The summed E-state index contributed by atoms with van der Waals surface area (Å²) in [5.41, 5.74) is -0.738. The van der Waals surface area contributed by atoms with Gasteiger partial charge in [0.25, 0.3) is 0 Å². The smallest absolute Gasteiger partial charge is 0.300 e. The summed E-state index contributed by atoms with van der Waals surface area (Å²) >= 11 is 0. The van der Waals surface area contributed by atoms with Crippen molar-refractivity contribution < 1.29 is 39.1 Å². The molecule has 11 heteroatoms. The number of fused-ring (bicyclic) bond motifs is 2. The quantitative estimate of drug-likeness (QED) is 0.279. The van der Waals surface area contributed by atoms with E-state index < -0.39 is 38.9 Å². The van der Waals surface area contributed by atoms with Gasteiger partial charge in [0, 0.05) is 18.3 Å². The molecule has 5 saturated carbocycles. The highest BCUT2D eigenvalue weighted by Gasteiger charge is 2.82. The number of carbonyl (C=O) groups excluding carboxylic acids is 1. The van der Waals surface area contributed by atoms with Crippen molar-refractivity contribution in [1.29, 1.82) is 0 Å². The largest absolute Gasteiger partial charge is 0.397 e. The molecule has 5 aliphatic rings. The normalized spacial score (nSPS) is 46.3. The summed E-state index contributed by atoms with van der Waals surface area (Å²) in [7, 11) is -9.52. The molecule has 9 nitrogen and oxygen atoms in total. The maximum atomic E-state index is 12.8. The molecule has 0 aromatic heterocycles. The van der Waals surface area contributed by atoms with Gasteiger partial charge in [0.2, 0.25) is 0 Å². The Balaban J connectivity index is 1.42. The third-order valence-corrected chi connectivity index (χ3v) is 14.4. The Labute approximate surface area is 246 Å². The van der Waals surface area contributed by atoms with E-state index in [0.29, 0.717) is 48.7 Å². The lowest BCUT2D eigenvalue weighted by Crippen LogP contribution is -2.59. The van der Waals surface area contributed by atoms with E-state index in [2.05, 4.69) is 34.6 Å². The van der Waals surface area contributed by atoms with Crippen molar-refractivity contribution in [2.24, 2.45) is 56.7 Å². The van der Waals surface area contributed by atoms with Crippen LogP contribution in [0.5, 0.6) is 0 Å². The predicted molar refractivity (Wildman–Crippen MR) is 153 cm³/mol. The zero-order valence-electron chi connectivity index (χ0n) is 25.5. The highest BCUT2D eigenvalue weighted by atomic mass is 32.3. The van der Waals surface area contributed by atoms with Crippen LogP contribution in [0.25, 0.3) is 0 Å². The lowest BCUT2D eigenvalue weighted by molar-refractivity contribution is -0.168. The molecule has 10 atom stereocenters. The third-order valence-electron chi connectivity index (χ3n) is 13.5. The number of hydrogen-bond donors (Lipinski definition) is 2. The first kappa shape index (κ1) is 31.8. The average Bonchev–Trinajstić information content (AvgIpc) is 3.40. The molecule has 0 unspecified atom stereocenters. The van der Waals surface area contributed by atoms with Crippen molar-refractivity contribution in [3.05, 3.63) is 0 Å². The molecule has 5 rings (SSSR count). The fraction of sp³-hybridized carbons (Fsp3) is 0.967. The fourth-order valence-electron chi connectivity index (χ4n) is 11.9. The van der Waals surface area contributed by atoms with E-state index in [4.69, 9.17) is 8.37 Å². The SMILES string of the molecule is CC(C)CC(=O)C[C@@H](C)[C@H]1CC[C@@]2(C)[C@@H]3CC[C@@H]4[C@](C)(COS(=O)(=O)O)[C@@H](OS(=O)(=O)O)CC[C@@]45C[C@@]35CC[C@]12C. The second kappa shape index (κ2) is 9.96. The number of carbonyl (C=O) groups is 1. The molecular weight excluding hydrogens is 568 g/mol. The van der Waals surface area contributed by atoms with Crippen molar-refractivity contribution >= 4 is 26.6 Å². The van der Waals surface area contributed by atoms with Crippen LogP contribution in [-0.2, 0) is 34.0 Å². The van der Waals surface area contributed by atoms with Crippen molar-refractivity contribution in [3.8, 4) is 0 Å². The standard InChI is InChI=1S/C30H50O9S2/c1-19(2)15-21(31)16-20(3)22-9-11-28(6)24-8-7-23-26(4,18-38-40(32,33)34)25(39-41(35,36)37)10-12-29(23)17-30(24,29)14-13-27(22,28)5/h19-20,22-25H,7-18H2,1-6H3,(H,32,33,34)(H,35,36,37)/t20-,22-,23-,24+,25+,26+,27-,28+,29-,30+/m1/s1. The molecule has 0 bridgehead atoms. The van der Waals surface area contributed by atoms with Crippen molar-refractivity contribution in [2.75, 3.05) is 6.61 Å². The van der Waals surface area contributed by atoms with Gasteiger partial charge in [-0.25, -0.2) is 8.37 Å². The van der Waals surface area contributed by atoms with E-state index in [1.807, 2.05) is 0 Å². The van der Waals surface area contributed by atoms with Gasteiger partial charge >= 0.3 is 20.8 Å². The van der Waals surface area contributed by atoms with E-state index in [1.165, 1.54) is 0 Å². The Morgan fingerprint density at radius 1 is 0.805 bits per heavy atom. The highest BCUT2D eigenvalue weighted by Crippen LogP contribution is 2.89. The molecule has 0 saturated heterocycles. The maximum Gasteiger partial charge on any atom is 0.397 e.